The number of hydrogen-bond donors (Lipinski definition) is 1. The van der Waals surface area contributed by atoms with Gasteiger partial charge in [0.25, 0.3) is 0 Å². The fourth-order valence-corrected chi connectivity index (χ4v) is 2.00. The third-order valence-corrected chi connectivity index (χ3v) is 3.08. The maximum absolute atomic E-state index is 11.2. The van der Waals surface area contributed by atoms with Gasteiger partial charge in [-0.15, -0.1) is 0 Å². The fraction of sp³-hybridized carbons (Fsp3) is 0.235. The van der Waals surface area contributed by atoms with Crippen molar-refractivity contribution in [3.05, 3.63) is 59.2 Å². The minimum Gasteiger partial charge on any atom is -0.508 e. The number of benzene rings is 2. The summed E-state index contributed by atoms with van der Waals surface area (Å²) in [5.74, 6) is 0.833. The van der Waals surface area contributed by atoms with Gasteiger partial charge in [0, 0.05) is 12.0 Å². The van der Waals surface area contributed by atoms with Crippen LogP contribution in [-0.4, -0.2) is 10.9 Å². The Morgan fingerprint density at radius 2 is 1.85 bits per heavy atom. The van der Waals surface area contributed by atoms with Gasteiger partial charge >= 0.3 is 0 Å². The van der Waals surface area contributed by atoms with Crippen LogP contribution in [-0.2, 0) is 17.8 Å². The minimum atomic E-state index is 0.0577. The Kier molecular flexibility index (Phi) is 4.41. The molecule has 0 amide bonds. The van der Waals surface area contributed by atoms with Crippen LogP contribution < -0.4 is 4.74 Å². The smallest absolute Gasteiger partial charge is 0.134 e. The third kappa shape index (κ3) is 3.60. The molecule has 0 saturated heterocycles. The number of carbonyl (C=O) groups excluding carboxylic acids is 1. The first kappa shape index (κ1) is 14.1. The van der Waals surface area contributed by atoms with Crippen LogP contribution in [0.25, 0.3) is 0 Å². The van der Waals surface area contributed by atoms with Gasteiger partial charge in [-0.1, -0.05) is 30.3 Å². The van der Waals surface area contributed by atoms with E-state index in [2.05, 4.69) is 0 Å². The number of carbonyl (C=O) groups is 1. The molecule has 0 aliphatic heterocycles. The highest BCUT2D eigenvalue weighted by atomic mass is 16.5. The Balaban J connectivity index is 2.17. The zero-order valence-corrected chi connectivity index (χ0v) is 11.7. The molecule has 2 aromatic rings. The summed E-state index contributed by atoms with van der Waals surface area (Å²) >= 11 is 0. The number of phenols is 1. The zero-order chi connectivity index (χ0) is 14.5. The second kappa shape index (κ2) is 6.24. The summed E-state index contributed by atoms with van der Waals surface area (Å²) in [6.45, 7) is 3.76. The molecule has 0 aromatic heterocycles. The molecule has 3 nitrogen and oxygen atoms in total. The van der Waals surface area contributed by atoms with Gasteiger partial charge in [0.15, 0.2) is 0 Å². The maximum Gasteiger partial charge on any atom is 0.134 e. The highest BCUT2D eigenvalue weighted by molar-refractivity contribution is 5.78. The van der Waals surface area contributed by atoms with Gasteiger partial charge in [0.05, 0.1) is 0 Å². The number of aromatic hydroxyl groups is 1. The van der Waals surface area contributed by atoms with Crippen molar-refractivity contribution in [1.29, 1.82) is 0 Å². The Labute approximate surface area is 118 Å². The normalized spacial score (nSPS) is 10.3. The van der Waals surface area contributed by atoms with Crippen molar-refractivity contribution in [3.63, 3.8) is 0 Å². The largest absolute Gasteiger partial charge is 0.508 e. The molecule has 104 valence electrons. The van der Waals surface area contributed by atoms with Crippen molar-refractivity contribution in [3.8, 4) is 11.5 Å². The lowest BCUT2D eigenvalue weighted by molar-refractivity contribution is -0.116. The Morgan fingerprint density at radius 1 is 1.15 bits per heavy atom. The Morgan fingerprint density at radius 3 is 2.50 bits per heavy atom. The summed E-state index contributed by atoms with van der Waals surface area (Å²) in [5, 5.41) is 9.90. The highest BCUT2D eigenvalue weighted by Gasteiger charge is 2.09. The van der Waals surface area contributed by atoms with Crippen LogP contribution in [0.15, 0.2) is 42.5 Å². The number of Topliss-reactive ketones (excluding diaryl/α,β-unsaturated/α-hetero) is 1. The molecule has 20 heavy (non-hydrogen) atoms. The quantitative estimate of drug-likeness (QED) is 0.905. The molecular weight excluding hydrogens is 252 g/mol. The molecule has 3 heteroatoms. The molecule has 2 rings (SSSR count). The molecule has 0 unspecified atom stereocenters. The lowest BCUT2D eigenvalue weighted by Crippen LogP contribution is -2.00. The molecule has 0 bridgehead atoms. The van der Waals surface area contributed by atoms with Crippen LogP contribution in [0.5, 0.6) is 11.5 Å². The number of ether oxygens (including phenoxy) is 1. The van der Waals surface area contributed by atoms with Gasteiger partial charge < -0.3 is 9.84 Å². The second-order valence-electron chi connectivity index (χ2n) is 4.89. The van der Waals surface area contributed by atoms with E-state index < -0.39 is 0 Å². The summed E-state index contributed by atoms with van der Waals surface area (Å²) in [7, 11) is 0. The SMILES string of the molecule is CC(=O)Cc1cc(O)c(C)c(OCc2ccccc2)c1. The number of rotatable bonds is 5. The van der Waals surface area contributed by atoms with Crippen molar-refractivity contribution in [2.24, 2.45) is 0 Å². The summed E-state index contributed by atoms with van der Waals surface area (Å²) in [4.78, 5) is 11.2. The zero-order valence-electron chi connectivity index (χ0n) is 11.7. The molecule has 0 fully saturated rings. The van der Waals surface area contributed by atoms with Gasteiger partial charge in [-0.05, 0) is 37.1 Å². The van der Waals surface area contributed by atoms with Gasteiger partial charge in [0.2, 0.25) is 0 Å². The lowest BCUT2D eigenvalue weighted by atomic mass is 10.1. The first-order chi connectivity index (χ1) is 9.56. The van der Waals surface area contributed by atoms with Crippen molar-refractivity contribution in [2.75, 3.05) is 0 Å². The summed E-state index contributed by atoms with van der Waals surface area (Å²) in [6, 6.07) is 13.3. The molecule has 0 atom stereocenters. The first-order valence-corrected chi connectivity index (χ1v) is 6.55. The maximum atomic E-state index is 11.2. The van der Waals surface area contributed by atoms with Gasteiger partial charge in [-0.3, -0.25) is 4.79 Å². The van der Waals surface area contributed by atoms with E-state index in [1.165, 1.54) is 6.92 Å². The van der Waals surface area contributed by atoms with Gasteiger partial charge in [-0.2, -0.15) is 0 Å². The van der Waals surface area contributed by atoms with Crippen molar-refractivity contribution < 1.29 is 14.6 Å². The van der Waals surface area contributed by atoms with E-state index in [-0.39, 0.29) is 11.5 Å². The van der Waals surface area contributed by atoms with E-state index in [1.54, 1.807) is 13.0 Å². The van der Waals surface area contributed by atoms with E-state index in [0.29, 0.717) is 24.3 Å². The average Bonchev–Trinajstić information content (AvgIpc) is 2.41. The highest BCUT2D eigenvalue weighted by Crippen LogP contribution is 2.29. The van der Waals surface area contributed by atoms with E-state index in [0.717, 1.165) is 11.1 Å². The summed E-state index contributed by atoms with van der Waals surface area (Å²) in [5.41, 5.74) is 2.51. The van der Waals surface area contributed by atoms with Gasteiger partial charge in [0.1, 0.15) is 23.9 Å². The van der Waals surface area contributed by atoms with E-state index in [9.17, 15) is 9.90 Å². The number of hydrogen-bond acceptors (Lipinski definition) is 3. The Bertz CT molecular complexity index is 603. The summed E-state index contributed by atoms with van der Waals surface area (Å²) < 4.78 is 5.75. The van der Waals surface area contributed by atoms with E-state index in [4.69, 9.17) is 4.74 Å². The topological polar surface area (TPSA) is 46.5 Å². The van der Waals surface area contributed by atoms with Crippen molar-refractivity contribution in [1.82, 2.24) is 0 Å². The predicted octanol–water partition coefficient (Wildman–Crippen LogP) is 3.41. The number of phenolic OH excluding ortho intramolecular Hbond substituents is 1. The van der Waals surface area contributed by atoms with E-state index >= 15 is 0 Å². The van der Waals surface area contributed by atoms with Crippen LogP contribution in [0.1, 0.15) is 23.6 Å². The molecule has 0 aliphatic rings. The Hall–Kier alpha value is -2.29. The molecule has 0 aliphatic carbocycles. The van der Waals surface area contributed by atoms with Crippen molar-refractivity contribution in [2.45, 2.75) is 26.9 Å². The minimum absolute atomic E-state index is 0.0577. The van der Waals surface area contributed by atoms with Crippen LogP contribution >= 0.6 is 0 Å². The second-order valence-corrected chi connectivity index (χ2v) is 4.89. The molecule has 0 saturated carbocycles. The fourth-order valence-electron chi connectivity index (χ4n) is 2.00. The molecule has 1 N–H and O–H groups in total. The van der Waals surface area contributed by atoms with Crippen LogP contribution in [0.4, 0.5) is 0 Å². The van der Waals surface area contributed by atoms with Gasteiger partial charge in [-0.25, -0.2) is 0 Å². The lowest BCUT2D eigenvalue weighted by Gasteiger charge is -2.12. The van der Waals surface area contributed by atoms with Crippen molar-refractivity contribution >= 4 is 5.78 Å². The molecule has 0 heterocycles. The molecule has 0 spiro atoms. The predicted molar refractivity (Wildman–Crippen MR) is 78.0 cm³/mol. The third-order valence-electron chi connectivity index (χ3n) is 3.08. The molecule has 0 radical (unpaired) electrons. The monoisotopic (exact) mass is 270 g/mol. The van der Waals surface area contributed by atoms with E-state index in [1.807, 2.05) is 36.4 Å². The molecular formula is C17H18O3. The average molecular weight is 270 g/mol. The molecule has 2 aromatic carbocycles. The first-order valence-electron chi connectivity index (χ1n) is 6.55. The summed E-state index contributed by atoms with van der Waals surface area (Å²) in [6.07, 6.45) is 0.301. The standard InChI is InChI=1S/C17H18O3/c1-12(18)8-15-9-16(19)13(2)17(10-15)20-11-14-6-4-3-5-7-14/h3-7,9-10,19H,8,11H2,1-2H3. The van der Waals surface area contributed by atoms with Crippen LogP contribution in [0.2, 0.25) is 0 Å². The van der Waals surface area contributed by atoms with Crippen LogP contribution in [0, 0.1) is 6.92 Å². The van der Waals surface area contributed by atoms with Crippen LogP contribution in [0.3, 0.4) is 0 Å². The number of ketones is 1.